The number of imide groups is 2. The highest BCUT2D eigenvalue weighted by Gasteiger charge is 2.45. The molecule has 1 atom stereocenters. The van der Waals surface area contributed by atoms with E-state index >= 15 is 0 Å². The van der Waals surface area contributed by atoms with Gasteiger partial charge in [-0.05, 0) is 72.1 Å². The highest BCUT2D eigenvalue weighted by atomic mass is 16.5. The largest absolute Gasteiger partial charge is 0.490 e. The minimum Gasteiger partial charge on any atom is -0.490 e. The first kappa shape index (κ1) is 33.0. The van der Waals surface area contributed by atoms with Gasteiger partial charge in [-0.25, -0.2) is 9.99 Å². The van der Waals surface area contributed by atoms with Crippen LogP contribution < -0.4 is 36.1 Å². The molecule has 3 aliphatic heterocycles. The average molecular weight is 700 g/mol. The number of fused-ring (bicyclic) bond motifs is 1. The summed E-state index contributed by atoms with van der Waals surface area (Å²) in [5, 5.41) is 7.42. The van der Waals surface area contributed by atoms with Crippen molar-refractivity contribution in [2.45, 2.75) is 63.1 Å². The van der Waals surface area contributed by atoms with Crippen LogP contribution in [0.5, 0.6) is 17.2 Å². The number of ether oxygens (including phenoxy) is 2. The molecular weight excluding hydrogens is 662 g/mol. The Morgan fingerprint density at radius 3 is 2.17 bits per heavy atom. The van der Waals surface area contributed by atoms with Crippen LogP contribution in [0.25, 0.3) is 0 Å². The van der Waals surface area contributed by atoms with Crippen molar-refractivity contribution in [3.8, 4) is 17.2 Å². The molecule has 0 radical (unpaired) electrons. The SMILES string of the molecule is CC(C)(c1ccc(Oc2ccc(N3C=CNN3)nc2)cc1)c1ccc(O[C@H]2C[C@@H](Nc3ccc4c(c3)C(=O)N(C3CCC(=O)NC3=O)C4=O)C2)cc1. The lowest BCUT2D eigenvalue weighted by molar-refractivity contribution is -0.136. The van der Waals surface area contributed by atoms with Gasteiger partial charge in [0.25, 0.3) is 11.8 Å². The summed E-state index contributed by atoms with van der Waals surface area (Å²) in [6.45, 7) is 4.38. The summed E-state index contributed by atoms with van der Waals surface area (Å²) in [6, 6.07) is 24.3. The van der Waals surface area contributed by atoms with E-state index in [1.807, 2.05) is 42.6 Å². The molecule has 13 heteroatoms. The summed E-state index contributed by atoms with van der Waals surface area (Å²) in [7, 11) is 0. The van der Waals surface area contributed by atoms with Crippen molar-refractivity contribution in [2.24, 2.45) is 0 Å². The Hall–Kier alpha value is -6.21. The number of benzene rings is 3. The Balaban J connectivity index is 0.828. The molecule has 8 rings (SSSR count). The number of rotatable bonds is 10. The number of hydrazine groups is 2. The number of anilines is 2. The monoisotopic (exact) mass is 699 g/mol. The zero-order valence-electron chi connectivity index (χ0n) is 28.6. The standard InChI is InChI=1S/C39H37N7O6/c1-39(2,23-3-8-27(9-4-23)51-29-12-15-34(40-22-29)45-18-17-41-44-45)24-5-10-28(11-6-24)52-30-19-26(20-30)42-25-7-13-31-32(21-25)38(50)46(37(31)49)33-14-16-35(47)43-36(33)48/h3-13,15,17-18,21-22,26,30,33,41-42,44H,14,16,19-20H2,1-2H3,(H,43,47,48)/t26-,30+,33?. The molecule has 2 fully saturated rings. The van der Waals surface area contributed by atoms with Crippen molar-refractivity contribution >= 4 is 35.1 Å². The molecule has 4 N–H and O–H groups in total. The van der Waals surface area contributed by atoms with Crippen LogP contribution in [0.3, 0.4) is 0 Å². The summed E-state index contributed by atoms with van der Waals surface area (Å²) in [4.78, 5) is 55.5. The number of nitrogens with zero attached hydrogens (tertiary/aromatic N) is 3. The highest BCUT2D eigenvalue weighted by molar-refractivity contribution is 6.23. The molecule has 1 aromatic heterocycles. The molecule has 0 spiro atoms. The fraction of sp³-hybridized carbons (Fsp3) is 0.256. The second-order valence-corrected chi connectivity index (χ2v) is 13.8. The Bertz CT molecular complexity index is 2080. The van der Waals surface area contributed by atoms with Crippen LogP contribution in [0.15, 0.2) is 97.5 Å². The predicted octanol–water partition coefficient (Wildman–Crippen LogP) is 4.92. The van der Waals surface area contributed by atoms with E-state index in [-0.39, 0.29) is 41.5 Å². The summed E-state index contributed by atoms with van der Waals surface area (Å²) in [5.74, 6) is 0.854. The third kappa shape index (κ3) is 6.30. The van der Waals surface area contributed by atoms with Crippen LogP contribution >= 0.6 is 0 Å². The number of carbonyl (C=O) groups excluding carboxylic acids is 4. The van der Waals surface area contributed by atoms with Crippen LogP contribution in [0, 0.1) is 0 Å². The van der Waals surface area contributed by atoms with Crippen molar-refractivity contribution in [1.82, 2.24) is 26.2 Å². The fourth-order valence-electron chi connectivity index (χ4n) is 6.93. The van der Waals surface area contributed by atoms with E-state index in [0.29, 0.717) is 5.75 Å². The van der Waals surface area contributed by atoms with Crippen LogP contribution in [0.1, 0.15) is 71.4 Å². The van der Waals surface area contributed by atoms with Gasteiger partial charge in [-0.15, -0.1) is 5.53 Å². The van der Waals surface area contributed by atoms with Gasteiger partial charge in [0, 0.05) is 48.8 Å². The molecule has 13 nitrogen and oxygen atoms in total. The lowest BCUT2D eigenvalue weighted by atomic mass is 9.78. The van der Waals surface area contributed by atoms with E-state index in [1.165, 1.54) is 0 Å². The van der Waals surface area contributed by atoms with Crippen LogP contribution in [-0.2, 0) is 15.0 Å². The Morgan fingerprint density at radius 2 is 1.52 bits per heavy atom. The zero-order valence-corrected chi connectivity index (χ0v) is 28.6. The van der Waals surface area contributed by atoms with Gasteiger partial charge in [-0.2, -0.15) is 0 Å². The summed E-state index contributed by atoms with van der Waals surface area (Å²) in [5.41, 5.74) is 9.11. The fourth-order valence-corrected chi connectivity index (χ4v) is 6.93. The first-order valence-electron chi connectivity index (χ1n) is 17.2. The number of aromatic nitrogens is 1. The number of pyridine rings is 1. The van der Waals surface area contributed by atoms with Crippen LogP contribution in [0.4, 0.5) is 11.5 Å². The van der Waals surface area contributed by atoms with Gasteiger partial charge in [-0.1, -0.05) is 38.1 Å². The molecule has 1 saturated carbocycles. The number of carbonyl (C=O) groups is 4. The van der Waals surface area contributed by atoms with Gasteiger partial charge < -0.3 is 20.2 Å². The molecule has 52 heavy (non-hydrogen) atoms. The van der Waals surface area contributed by atoms with Crippen molar-refractivity contribution in [3.63, 3.8) is 0 Å². The first-order valence-corrected chi connectivity index (χ1v) is 17.2. The smallest absolute Gasteiger partial charge is 0.262 e. The molecule has 3 aromatic carbocycles. The van der Waals surface area contributed by atoms with Crippen molar-refractivity contribution in [3.05, 3.63) is 120 Å². The van der Waals surface area contributed by atoms with Gasteiger partial charge in [0.05, 0.1) is 17.3 Å². The number of amides is 4. The summed E-state index contributed by atoms with van der Waals surface area (Å²) in [6.07, 6.45) is 7.11. The van der Waals surface area contributed by atoms with E-state index in [4.69, 9.17) is 9.47 Å². The van der Waals surface area contributed by atoms with E-state index in [1.54, 1.807) is 35.6 Å². The molecule has 4 amide bonds. The van der Waals surface area contributed by atoms with Crippen molar-refractivity contribution in [1.29, 1.82) is 0 Å². The maximum absolute atomic E-state index is 13.2. The molecule has 1 saturated heterocycles. The quantitative estimate of drug-likeness (QED) is 0.167. The second-order valence-electron chi connectivity index (χ2n) is 13.8. The molecular formula is C39H37N7O6. The van der Waals surface area contributed by atoms with E-state index in [2.05, 4.69) is 64.7 Å². The lowest BCUT2D eigenvalue weighted by Crippen LogP contribution is -2.54. The van der Waals surface area contributed by atoms with Crippen LogP contribution in [0.2, 0.25) is 0 Å². The molecule has 4 aliphatic rings. The number of piperidine rings is 1. The normalized spacial score (nSPS) is 21.0. The number of nitrogens with one attached hydrogen (secondary N) is 4. The highest BCUT2D eigenvalue weighted by Crippen LogP contribution is 2.36. The lowest BCUT2D eigenvalue weighted by Gasteiger charge is -2.36. The summed E-state index contributed by atoms with van der Waals surface area (Å²) < 4.78 is 12.3. The zero-order chi connectivity index (χ0) is 36.0. The average Bonchev–Trinajstić information content (AvgIpc) is 3.75. The molecule has 1 aliphatic carbocycles. The van der Waals surface area contributed by atoms with Gasteiger partial charge in [0.15, 0.2) is 0 Å². The third-order valence-electron chi connectivity index (χ3n) is 10.1. The van der Waals surface area contributed by atoms with Crippen LogP contribution in [-0.4, -0.2) is 51.7 Å². The first-order chi connectivity index (χ1) is 25.1. The van der Waals surface area contributed by atoms with E-state index in [9.17, 15) is 19.2 Å². The van der Waals surface area contributed by atoms with Gasteiger partial charge >= 0.3 is 0 Å². The van der Waals surface area contributed by atoms with Gasteiger partial charge in [0.1, 0.15) is 35.2 Å². The van der Waals surface area contributed by atoms with Crippen molar-refractivity contribution < 1.29 is 28.7 Å². The molecule has 4 aromatic rings. The second kappa shape index (κ2) is 13.2. The molecule has 1 unspecified atom stereocenters. The maximum atomic E-state index is 13.2. The van der Waals surface area contributed by atoms with E-state index < -0.39 is 29.7 Å². The number of hydrogen-bond donors (Lipinski definition) is 4. The van der Waals surface area contributed by atoms with Gasteiger partial charge in [-0.3, -0.25) is 29.4 Å². The topological polar surface area (TPSA) is 154 Å². The van der Waals surface area contributed by atoms with Crippen molar-refractivity contribution in [2.75, 3.05) is 10.3 Å². The Labute approximate surface area is 299 Å². The molecule has 264 valence electrons. The Kier molecular flexibility index (Phi) is 8.34. The minimum atomic E-state index is -0.986. The molecule has 4 heterocycles. The maximum Gasteiger partial charge on any atom is 0.262 e. The molecule has 0 bridgehead atoms. The third-order valence-corrected chi connectivity index (χ3v) is 10.1. The predicted molar refractivity (Wildman–Crippen MR) is 191 cm³/mol. The van der Waals surface area contributed by atoms with E-state index in [0.717, 1.165) is 51.9 Å². The minimum absolute atomic E-state index is 0.0432. The summed E-state index contributed by atoms with van der Waals surface area (Å²) >= 11 is 0. The van der Waals surface area contributed by atoms with Gasteiger partial charge in [0.2, 0.25) is 11.8 Å². The number of hydrogen-bond acceptors (Lipinski definition) is 11. The Morgan fingerprint density at radius 1 is 0.827 bits per heavy atom.